The van der Waals surface area contributed by atoms with Gasteiger partial charge in [0, 0.05) is 12.0 Å². The van der Waals surface area contributed by atoms with E-state index in [9.17, 15) is 29.9 Å². The van der Waals surface area contributed by atoms with Crippen molar-refractivity contribution >= 4 is 0 Å². The lowest BCUT2D eigenvalue weighted by atomic mass is 9.72. The summed E-state index contributed by atoms with van der Waals surface area (Å²) in [4.78, 5) is 0. The number of hydrogen-bond acceptors (Lipinski definition) is 7. The van der Waals surface area contributed by atoms with Gasteiger partial charge in [-0.2, -0.15) is 0 Å². The van der Waals surface area contributed by atoms with Gasteiger partial charge in [-0.25, -0.2) is 4.39 Å². The van der Waals surface area contributed by atoms with Crippen LogP contribution in [0.1, 0.15) is 59.3 Å². The predicted octanol–water partition coefficient (Wildman–Crippen LogP) is 0.706. The topological polar surface area (TPSA) is 122 Å². The number of fused-ring (bicyclic) bond motifs is 1. The first-order valence-electron chi connectivity index (χ1n) is 11.1. The van der Waals surface area contributed by atoms with Crippen molar-refractivity contribution in [2.75, 3.05) is 6.54 Å². The molecular formula is C21H40FNO6. The Morgan fingerprint density at radius 3 is 2.28 bits per heavy atom. The number of nitrogens with one attached hydrogen (secondary N) is 1. The van der Waals surface area contributed by atoms with E-state index in [-0.39, 0.29) is 30.7 Å². The minimum atomic E-state index is -1.71. The molecule has 1 saturated carbocycles. The van der Waals surface area contributed by atoms with Crippen LogP contribution in [0.2, 0.25) is 0 Å². The first-order valence-corrected chi connectivity index (χ1v) is 11.1. The van der Waals surface area contributed by atoms with Crippen molar-refractivity contribution in [1.29, 1.82) is 0 Å². The Bertz CT molecular complexity index is 486. The van der Waals surface area contributed by atoms with Gasteiger partial charge in [-0.3, -0.25) is 0 Å². The van der Waals surface area contributed by atoms with Gasteiger partial charge in [0.1, 0.15) is 18.4 Å². The average molecular weight is 422 g/mol. The molecule has 7 nitrogen and oxygen atoms in total. The van der Waals surface area contributed by atoms with Crippen LogP contribution in [0.4, 0.5) is 4.39 Å². The SMILES string of the molecule is CCNC1CC2CCCC(O)C(O)C(O)C(F)CC(C)C(C)OC(O)C2[C@H](O)C1. The number of rotatable bonds is 2. The fraction of sp³-hybridized carbons (Fsp3) is 1.00. The van der Waals surface area contributed by atoms with E-state index in [4.69, 9.17) is 4.74 Å². The molecule has 1 heterocycles. The highest BCUT2D eigenvalue weighted by Crippen LogP contribution is 2.38. The second-order valence-corrected chi connectivity index (χ2v) is 9.07. The summed E-state index contributed by atoms with van der Waals surface area (Å²) in [5.41, 5.74) is 0. The van der Waals surface area contributed by atoms with Gasteiger partial charge in [0.2, 0.25) is 0 Å². The van der Waals surface area contributed by atoms with E-state index in [0.29, 0.717) is 19.3 Å². The molecule has 0 aromatic rings. The zero-order chi connectivity index (χ0) is 21.7. The maximum atomic E-state index is 14.5. The van der Waals surface area contributed by atoms with Crippen molar-refractivity contribution < 1.29 is 34.7 Å². The third-order valence-corrected chi connectivity index (χ3v) is 6.87. The van der Waals surface area contributed by atoms with Crippen molar-refractivity contribution in [2.45, 2.75) is 108 Å². The van der Waals surface area contributed by atoms with E-state index < -0.39 is 48.9 Å². The fourth-order valence-electron chi connectivity index (χ4n) is 4.90. The molecule has 0 amide bonds. The minimum absolute atomic E-state index is 0.0218. The van der Waals surface area contributed by atoms with Crippen LogP contribution in [0.5, 0.6) is 0 Å². The lowest BCUT2D eigenvalue weighted by molar-refractivity contribution is -0.213. The first kappa shape index (κ1) is 24.9. The summed E-state index contributed by atoms with van der Waals surface area (Å²) in [6.45, 7) is 6.28. The molecule has 6 N–H and O–H groups in total. The monoisotopic (exact) mass is 421 g/mol. The Hall–Kier alpha value is -0.350. The van der Waals surface area contributed by atoms with Gasteiger partial charge in [0.25, 0.3) is 0 Å². The van der Waals surface area contributed by atoms with Gasteiger partial charge in [0.15, 0.2) is 6.29 Å². The predicted molar refractivity (Wildman–Crippen MR) is 107 cm³/mol. The minimum Gasteiger partial charge on any atom is -0.393 e. The molecular weight excluding hydrogens is 381 g/mol. The molecule has 0 bridgehead atoms. The van der Waals surface area contributed by atoms with E-state index in [1.165, 1.54) is 0 Å². The van der Waals surface area contributed by atoms with Crippen LogP contribution in [-0.2, 0) is 4.74 Å². The van der Waals surface area contributed by atoms with E-state index in [2.05, 4.69) is 5.32 Å². The van der Waals surface area contributed by atoms with Crippen LogP contribution in [0.3, 0.4) is 0 Å². The summed E-state index contributed by atoms with van der Waals surface area (Å²) < 4.78 is 20.2. The zero-order valence-electron chi connectivity index (χ0n) is 17.8. The Morgan fingerprint density at radius 1 is 0.931 bits per heavy atom. The van der Waals surface area contributed by atoms with Crippen molar-refractivity contribution in [3.63, 3.8) is 0 Å². The highest BCUT2D eigenvalue weighted by molar-refractivity contribution is 4.92. The highest BCUT2D eigenvalue weighted by atomic mass is 19.1. The standard InChI is InChI=1S/C21H40FNO6/c1-4-23-14-9-13-6-5-7-16(24)20(27)19(26)15(22)8-11(2)12(3)29-21(28)18(13)17(25)10-14/h11-21,23-28H,4-10H2,1-3H3/t11?,12?,13?,14?,15?,16?,17-,18?,19?,20?,21?/m1/s1. The van der Waals surface area contributed by atoms with Gasteiger partial charge >= 0.3 is 0 Å². The summed E-state index contributed by atoms with van der Waals surface area (Å²) in [6.07, 6.45) is -5.99. The van der Waals surface area contributed by atoms with Crippen LogP contribution in [0, 0.1) is 17.8 Å². The fourth-order valence-corrected chi connectivity index (χ4v) is 4.90. The molecule has 29 heavy (non-hydrogen) atoms. The number of aliphatic hydroxyl groups excluding tert-OH is 5. The molecule has 10 unspecified atom stereocenters. The van der Waals surface area contributed by atoms with Crippen LogP contribution in [0.25, 0.3) is 0 Å². The average Bonchev–Trinajstić information content (AvgIpc) is 2.65. The maximum absolute atomic E-state index is 14.5. The number of halogens is 1. The Balaban J connectivity index is 2.20. The number of aliphatic hydroxyl groups is 5. The summed E-state index contributed by atoms with van der Waals surface area (Å²) in [5.74, 6) is -0.821. The molecule has 0 spiro atoms. The summed E-state index contributed by atoms with van der Waals surface area (Å²) >= 11 is 0. The van der Waals surface area contributed by atoms with Crippen LogP contribution >= 0.6 is 0 Å². The van der Waals surface area contributed by atoms with Gasteiger partial charge in [-0.05, 0) is 57.4 Å². The van der Waals surface area contributed by atoms with Crippen molar-refractivity contribution in [2.24, 2.45) is 17.8 Å². The largest absolute Gasteiger partial charge is 0.393 e. The molecule has 1 saturated heterocycles. The number of hydrogen-bond donors (Lipinski definition) is 6. The second kappa shape index (κ2) is 11.3. The highest BCUT2D eigenvalue weighted by Gasteiger charge is 2.42. The third-order valence-electron chi connectivity index (χ3n) is 6.87. The van der Waals surface area contributed by atoms with E-state index in [1.54, 1.807) is 13.8 Å². The second-order valence-electron chi connectivity index (χ2n) is 9.07. The molecule has 0 aromatic carbocycles. The van der Waals surface area contributed by atoms with Gasteiger partial charge in [0.05, 0.1) is 18.3 Å². The molecule has 11 atom stereocenters. The molecule has 2 fully saturated rings. The molecule has 2 aliphatic rings. The van der Waals surface area contributed by atoms with Crippen molar-refractivity contribution in [3.05, 3.63) is 0 Å². The lowest BCUT2D eigenvalue weighted by Gasteiger charge is -2.43. The van der Waals surface area contributed by atoms with Crippen LogP contribution < -0.4 is 5.32 Å². The van der Waals surface area contributed by atoms with E-state index in [0.717, 1.165) is 13.0 Å². The third kappa shape index (κ3) is 6.56. The molecule has 8 heteroatoms. The van der Waals surface area contributed by atoms with Gasteiger partial charge in [-0.1, -0.05) is 20.3 Å². The summed E-state index contributed by atoms with van der Waals surface area (Å²) in [6, 6.07) is 0.142. The van der Waals surface area contributed by atoms with E-state index in [1.807, 2.05) is 6.92 Å². The van der Waals surface area contributed by atoms with Gasteiger partial charge in [-0.15, -0.1) is 0 Å². The van der Waals surface area contributed by atoms with Crippen LogP contribution in [-0.4, -0.2) is 81.1 Å². The van der Waals surface area contributed by atoms with E-state index >= 15 is 0 Å². The molecule has 1 aliphatic heterocycles. The molecule has 172 valence electrons. The van der Waals surface area contributed by atoms with Crippen LogP contribution in [0.15, 0.2) is 0 Å². The Kier molecular flexibility index (Phi) is 9.73. The summed E-state index contributed by atoms with van der Waals surface area (Å²) in [5, 5.41) is 55.3. The lowest BCUT2D eigenvalue weighted by Crippen LogP contribution is -2.50. The zero-order valence-corrected chi connectivity index (χ0v) is 17.8. The first-order chi connectivity index (χ1) is 13.6. The molecule has 0 radical (unpaired) electrons. The number of alkyl halides is 1. The maximum Gasteiger partial charge on any atom is 0.160 e. The quantitative estimate of drug-likeness (QED) is 0.388. The molecule has 0 aromatic heterocycles. The number of ether oxygens (including phenoxy) is 1. The smallest absolute Gasteiger partial charge is 0.160 e. The summed E-state index contributed by atoms with van der Waals surface area (Å²) in [7, 11) is 0. The Labute approximate surface area is 173 Å². The van der Waals surface area contributed by atoms with Gasteiger partial charge < -0.3 is 35.6 Å². The Morgan fingerprint density at radius 2 is 1.62 bits per heavy atom. The molecule has 1 aliphatic carbocycles. The normalized spacial score (nSPS) is 48.5. The molecule has 2 rings (SSSR count). The van der Waals surface area contributed by atoms with Crippen molar-refractivity contribution in [1.82, 2.24) is 5.32 Å². The van der Waals surface area contributed by atoms with Crippen molar-refractivity contribution in [3.8, 4) is 0 Å².